The summed E-state index contributed by atoms with van der Waals surface area (Å²) in [5.41, 5.74) is 0.504. The van der Waals surface area contributed by atoms with Crippen molar-refractivity contribution in [3.8, 4) is 23.0 Å². The fraction of sp³-hybridized carbons (Fsp3) is 0.278. The van der Waals surface area contributed by atoms with Crippen molar-refractivity contribution in [1.82, 2.24) is 5.32 Å². The summed E-state index contributed by atoms with van der Waals surface area (Å²) in [6.45, 7) is 0.591. The van der Waals surface area contributed by atoms with Gasteiger partial charge in [0.05, 0.1) is 38.6 Å². The van der Waals surface area contributed by atoms with E-state index in [1.807, 2.05) is 12.1 Å². The number of anilines is 1. The molecule has 2 aromatic rings. The summed E-state index contributed by atoms with van der Waals surface area (Å²) in [5, 5.41) is 5.92. The second-order valence-electron chi connectivity index (χ2n) is 5.07. The van der Waals surface area contributed by atoms with Gasteiger partial charge in [0, 0.05) is 12.1 Å². The zero-order valence-electron chi connectivity index (χ0n) is 14.8. The normalized spacial score (nSPS) is 10.0. The van der Waals surface area contributed by atoms with Crippen molar-refractivity contribution in [2.75, 3.05) is 39.8 Å². The first-order valence-corrected chi connectivity index (χ1v) is 8.19. The largest absolute Gasteiger partial charge is 0.493 e. The molecule has 2 amide bonds. The molecule has 140 valence electrons. The van der Waals surface area contributed by atoms with Crippen LogP contribution in [-0.2, 0) is 0 Å². The van der Waals surface area contributed by atoms with Crippen LogP contribution in [0.5, 0.6) is 23.0 Å². The number of methoxy groups -OCH3 is 3. The Morgan fingerprint density at radius 1 is 1.00 bits per heavy atom. The van der Waals surface area contributed by atoms with Gasteiger partial charge in [0.2, 0.25) is 5.75 Å². The number of ether oxygens (including phenoxy) is 4. The molecule has 0 aliphatic rings. The lowest BCUT2D eigenvalue weighted by Gasteiger charge is -2.15. The molecule has 0 radical (unpaired) electrons. The summed E-state index contributed by atoms with van der Waals surface area (Å²) in [4.78, 5) is 12.0. The quantitative estimate of drug-likeness (QED) is 0.684. The molecule has 0 aromatic heterocycles. The van der Waals surface area contributed by atoms with Crippen LogP contribution in [0.15, 0.2) is 36.4 Å². The minimum absolute atomic E-state index is 0.284. The van der Waals surface area contributed by atoms with Crippen LogP contribution < -0.4 is 29.6 Å². The van der Waals surface area contributed by atoms with Crippen molar-refractivity contribution in [3.63, 3.8) is 0 Å². The first-order chi connectivity index (χ1) is 12.6. The van der Waals surface area contributed by atoms with Crippen LogP contribution in [-0.4, -0.2) is 40.5 Å². The fourth-order valence-corrected chi connectivity index (χ4v) is 2.41. The number of rotatable bonds is 8. The van der Waals surface area contributed by atoms with Crippen molar-refractivity contribution in [2.45, 2.75) is 0 Å². The third kappa shape index (κ3) is 5.10. The maximum Gasteiger partial charge on any atom is 0.319 e. The SMILES string of the molecule is COc1cc(NC(=O)NCCOc2ccccc2Cl)cc(OC)c1OC. The average Bonchev–Trinajstić information content (AvgIpc) is 2.65. The third-order valence-corrected chi connectivity index (χ3v) is 3.72. The molecule has 0 atom stereocenters. The van der Waals surface area contributed by atoms with E-state index in [0.29, 0.717) is 40.3 Å². The van der Waals surface area contributed by atoms with Crippen molar-refractivity contribution in [1.29, 1.82) is 0 Å². The van der Waals surface area contributed by atoms with Gasteiger partial charge in [-0.2, -0.15) is 0 Å². The van der Waals surface area contributed by atoms with Crippen molar-refractivity contribution in [2.24, 2.45) is 0 Å². The highest BCUT2D eigenvalue weighted by Crippen LogP contribution is 2.39. The molecule has 0 aliphatic carbocycles. The molecule has 2 rings (SSSR count). The number of carbonyl (C=O) groups is 1. The Kier molecular flexibility index (Phi) is 7.23. The number of halogens is 1. The number of hydrogen-bond acceptors (Lipinski definition) is 5. The Labute approximate surface area is 157 Å². The standard InChI is InChI=1S/C18H21ClN2O5/c1-23-15-10-12(11-16(24-2)17(15)25-3)21-18(22)20-8-9-26-14-7-5-4-6-13(14)19/h4-7,10-11H,8-9H2,1-3H3,(H2,20,21,22). The fourth-order valence-electron chi connectivity index (χ4n) is 2.22. The number of hydrogen-bond donors (Lipinski definition) is 2. The maximum absolute atomic E-state index is 12.0. The Morgan fingerprint density at radius 2 is 1.65 bits per heavy atom. The lowest BCUT2D eigenvalue weighted by Crippen LogP contribution is -2.32. The summed E-state index contributed by atoms with van der Waals surface area (Å²) in [5.74, 6) is 1.92. The summed E-state index contributed by atoms with van der Waals surface area (Å²) in [7, 11) is 4.53. The zero-order valence-corrected chi connectivity index (χ0v) is 15.6. The molecular weight excluding hydrogens is 360 g/mol. The number of amides is 2. The maximum atomic E-state index is 12.0. The van der Waals surface area contributed by atoms with Gasteiger partial charge in [-0.05, 0) is 12.1 Å². The zero-order chi connectivity index (χ0) is 18.9. The highest BCUT2D eigenvalue weighted by atomic mass is 35.5. The van der Waals surface area contributed by atoms with Crippen molar-refractivity contribution < 1.29 is 23.7 Å². The van der Waals surface area contributed by atoms with Gasteiger partial charge in [0.25, 0.3) is 0 Å². The van der Waals surface area contributed by atoms with Gasteiger partial charge in [-0.3, -0.25) is 0 Å². The van der Waals surface area contributed by atoms with Gasteiger partial charge in [-0.1, -0.05) is 23.7 Å². The van der Waals surface area contributed by atoms with Crippen LogP contribution >= 0.6 is 11.6 Å². The van der Waals surface area contributed by atoms with Crippen LogP contribution in [0.25, 0.3) is 0 Å². The van der Waals surface area contributed by atoms with Crippen LogP contribution in [0.2, 0.25) is 5.02 Å². The Hall–Kier alpha value is -2.80. The molecule has 26 heavy (non-hydrogen) atoms. The molecule has 0 fully saturated rings. The molecule has 0 saturated heterocycles. The number of para-hydroxylation sites is 1. The number of benzene rings is 2. The van der Waals surface area contributed by atoms with Gasteiger partial charge in [-0.15, -0.1) is 0 Å². The van der Waals surface area contributed by atoms with E-state index < -0.39 is 0 Å². The first kappa shape index (κ1) is 19.5. The molecule has 0 heterocycles. The minimum Gasteiger partial charge on any atom is -0.493 e. The number of nitrogens with one attached hydrogen (secondary N) is 2. The predicted octanol–water partition coefficient (Wildman–Crippen LogP) is 3.57. The van der Waals surface area contributed by atoms with Crippen LogP contribution in [0.3, 0.4) is 0 Å². The molecule has 0 aliphatic heterocycles. The van der Waals surface area contributed by atoms with Crippen molar-refractivity contribution in [3.05, 3.63) is 41.4 Å². The second kappa shape index (κ2) is 9.62. The van der Waals surface area contributed by atoms with E-state index >= 15 is 0 Å². The molecule has 2 N–H and O–H groups in total. The van der Waals surface area contributed by atoms with E-state index in [9.17, 15) is 4.79 Å². The van der Waals surface area contributed by atoms with E-state index in [1.54, 1.807) is 24.3 Å². The molecule has 0 spiro atoms. The number of urea groups is 1. The lowest BCUT2D eigenvalue weighted by atomic mass is 10.2. The summed E-state index contributed by atoms with van der Waals surface area (Å²) in [6.07, 6.45) is 0. The van der Waals surface area contributed by atoms with Crippen LogP contribution in [0.1, 0.15) is 0 Å². The van der Waals surface area contributed by atoms with Gasteiger partial charge < -0.3 is 29.6 Å². The van der Waals surface area contributed by atoms with E-state index in [-0.39, 0.29) is 12.6 Å². The Balaban J connectivity index is 1.88. The summed E-state index contributed by atoms with van der Waals surface area (Å²) in [6, 6.07) is 10.0. The first-order valence-electron chi connectivity index (χ1n) is 7.81. The Bertz CT molecular complexity index is 729. The van der Waals surface area contributed by atoms with E-state index in [4.69, 9.17) is 30.5 Å². The van der Waals surface area contributed by atoms with Crippen molar-refractivity contribution >= 4 is 23.3 Å². The third-order valence-electron chi connectivity index (χ3n) is 3.40. The molecular formula is C18H21ClN2O5. The minimum atomic E-state index is -0.387. The van der Waals surface area contributed by atoms with E-state index in [2.05, 4.69) is 10.6 Å². The average molecular weight is 381 g/mol. The van der Waals surface area contributed by atoms with Gasteiger partial charge in [0.15, 0.2) is 11.5 Å². The molecule has 0 unspecified atom stereocenters. The summed E-state index contributed by atoms with van der Waals surface area (Å²) >= 11 is 6.00. The highest BCUT2D eigenvalue weighted by molar-refractivity contribution is 6.32. The monoisotopic (exact) mass is 380 g/mol. The summed E-state index contributed by atoms with van der Waals surface area (Å²) < 4.78 is 21.3. The van der Waals surface area contributed by atoms with Gasteiger partial charge in [-0.25, -0.2) is 4.79 Å². The molecule has 0 bridgehead atoms. The molecule has 0 saturated carbocycles. The second-order valence-corrected chi connectivity index (χ2v) is 5.48. The molecule has 7 nitrogen and oxygen atoms in total. The number of carbonyl (C=O) groups excluding carboxylic acids is 1. The Morgan fingerprint density at radius 3 is 2.23 bits per heavy atom. The van der Waals surface area contributed by atoms with E-state index in [1.165, 1.54) is 21.3 Å². The van der Waals surface area contributed by atoms with Gasteiger partial charge >= 0.3 is 6.03 Å². The van der Waals surface area contributed by atoms with Crippen LogP contribution in [0, 0.1) is 0 Å². The predicted molar refractivity (Wildman–Crippen MR) is 100 cm³/mol. The lowest BCUT2D eigenvalue weighted by molar-refractivity contribution is 0.247. The van der Waals surface area contributed by atoms with E-state index in [0.717, 1.165) is 0 Å². The molecule has 8 heteroatoms. The smallest absolute Gasteiger partial charge is 0.319 e. The molecule has 2 aromatic carbocycles. The van der Waals surface area contributed by atoms with Gasteiger partial charge in [0.1, 0.15) is 12.4 Å². The highest BCUT2D eigenvalue weighted by Gasteiger charge is 2.14. The topological polar surface area (TPSA) is 78.1 Å². The van der Waals surface area contributed by atoms with Crippen LogP contribution in [0.4, 0.5) is 10.5 Å².